The van der Waals surface area contributed by atoms with Crippen molar-refractivity contribution in [3.63, 3.8) is 0 Å². The van der Waals surface area contributed by atoms with Gasteiger partial charge in [-0.05, 0) is 0 Å². The first-order valence-corrected chi connectivity index (χ1v) is 1.95. The van der Waals surface area contributed by atoms with Crippen molar-refractivity contribution in [2.45, 2.75) is 0 Å². The van der Waals surface area contributed by atoms with Gasteiger partial charge in [-0.3, -0.25) is 0 Å². The van der Waals surface area contributed by atoms with Crippen molar-refractivity contribution in [1.29, 1.82) is 0 Å². The summed E-state index contributed by atoms with van der Waals surface area (Å²) < 4.78 is 0. The van der Waals surface area contributed by atoms with Crippen LogP contribution in [0.2, 0.25) is 0 Å². The standard InChI is InChI=1S/3CH2O3.AsH3/c3*2-1(3)4;/h3*(H2,2,3,4);1H3. The zero-order valence-electron chi connectivity index (χ0n) is 6.12. The van der Waals surface area contributed by atoms with Gasteiger partial charge in [0, 0.05) is 0 Å². The number of hydrogen-bond acceptors (Lipinski definition) is 3. The number of carboxylic acid groups (broad SMARTS) is 6. The van der Waals surface area contributed by atoms with Gasteiger partial charge in [-0.15, -0.1) is 0 Å². The fourth-order valence-corrected chi connectivity index (χ4v) is 0. The van der Waals surface area contributed by atoms with Crippen LogP contribution in [-0.4, -0.2) is 67.1 Å². The summed E-state index contributed by atoms with van der Waals surface area (Å²) in [6, 6.07) is 0. The molecule has 0 rings (SSSR count). The van der Waals surface area contributed by atoms with Crippen LogP contribution in [0.25, 0.3) is 0 Å². The maximum atomic E-state index is 8.56. The van der Waals surface area contributed by atoms with Gasteiger partial charge < -0.3 is 30.6 Å². The molecule has 6 N–H and O–H groups in total. The Hall–Kier alpha value is -1.63. The Kier molecular flexibility index (Phi) is 29.0. The first-order chi connectivity index (χ1) is 5.20. The van der Waals surface area contributed by atoms with E-state index in [1.165, 1.54) is 0 Å². The third-order valence-electron chi connectivity index (χ3n) is 0. The molecule has 80 valence electrons. The van der Waals surface area contributed by atoms with Crippen molar-refractivity contribution in [2.24, 2.45) is 0 Å². The summed E-state index contributed by atoms with van der Waals surface area (Å²) in [5.41, 5.74) is 0. The van der Waals surface area contributed by atoms with E-state index < -0.39 is 18.5 Å². The van der Waals surface area contributed by atoms with Gasteiger partial charge in [-0.25, -0.2) is 14.4 Å². The molecule has 0 bridgehead atoms. The molecule has 0 aromatic rings. The molecule has 0 saturated heterocycles. The molecule has 0 spiro atoms. The molecule has 0 aromatic carbocycles. The summed E-state index contributed by atoms with van der Waals surface area (Å²) in [5, 5.41) is 41.8. The second kappa shape index (κ2) is 16.8. The molecule has 0 heterocycles. The van der Waals surface area contributed by atoms with Crippen molar-refractivity contribution in [1.82, 2.24) is 0 Å². The van der Waals surface area contributed by atoms with E-state index in [0.29, 0.717) is 0 Å². The van der Waals surface area contributed by atoms with E-state index in [1.54, 1.807) is 0 Å². The molecule has 0 aliphatic rings. The Labute approximate surface area is 82.2 Å². The van der Waals surface area contributed by atoms with Crippen LogP contribution in [0, 0.1) is 0 Å². The Bertz CT molecular complexity index is 112. The van der Waals surface area contributed by atoms with E-state index in [4.69, 9.17) is 45.0 Å². The van der Waals surface area contributed by atoms with Gasteiger partial charge in [0.2, 0.25) is 0 Å². The summed E-state index contributed by atoms with van der Waals surface area (Å²) in [6.45, 7) is 0. The molecule has 10 heteroatoms. The van der Waals surface area contributed by atoms with E-state index in [0.717, 1.165) is 0 Å². The van der Waals surface area contributed by atoms with E-state index in [-0.39, 0.29) is 18.0 Å². The Morgan fingerprint density at radius 2 is 0.538 bits per heavy atom. The van der Waals surface area contributed by atoms with Gasteiger partial charge in [-0.1, -0.05) is 0 Å². The maximum absolute atomic E-state index is 8.56. The van der Waals surface area contributed by atoms with Crippen molar-refractivity contribution < 1.29 is 45.0 Å². The second-order valence-electron chi connectivity index (χ2n) is 0.848. The molecular formula is C3H9AsO9. The monoisotopic (exact) mass is 264 g/mol. The summed E-state index contributed by atoms with van der Waals surface area (Å²) in [7, 11) is 0. The van der Waals surface area contributed by atoms with Crippen LogP contribution in [-0.2, 0) is 0 Å². The van der Waals surface area contributed by atoms with Crippen LogP contribution >= 0.6 is 0 Å². The SMILES string of the molecule is O=C(O)O.O=C(O)O.O=C(O)O.[AsH3]. The van der Waals surface area contributed by atoms with Crippen LogP contribution in [0.15, 0.2) is 0 Å². The average molecular weight is 264 g/mol. The number of hydrogen-bond donors (Lipinski definition) is 6. The van der Waals surface area contributed by atoms with Gasteiger partial charge >= 0.3 is 36.4 Å². The molecule has 0 saturated carbocycles. The molecule has 13 heavy (non-hydrogen) atoms. The van der Waals surface area contributed by atoms with Crippen LogP contribution in [0.5, 0.6) is 0 Å². The van der Waals surface area contributed by atoms with Gasteiger partial charge in [0.1, 0.15) is 0 Å². The fourth-order valence-electron chi connectivity index (χ4n) is 0. The van der Waals surface area contributed by atoms with E-state index in [1.807, 2.05) is 0 Å². The van der Waals surface area contributed by atoms with E-state index in [2.05, 4.69) is 0 Å². The Balaban J connectivity index is -0.0000000450. The van der Waals surface area contributed by atoms with Crippen molar-refractivity contribution in [3.8, 4) is 0 Å². The number of rotatable bonds is 0. The van der Waals surface area contributed by atoms with Crippen molar-refractivity contribution >= 4 is 36.4 Å². The third kappa shape index (κ3) is 273. The Morgan fingerprint density at radius 1 is 0.538 bits per heavy atom. The zero-order chi connectivity index (χ0) is 10.7. The molecule has 9 nitrogen and oxygen atoms in total. The predicted octanol–water partition coefficient (Wildman–Crippen LogP) is -0.517. The third-order valence-corrected chi connectivity index (χ3v) is 0. The number of carbonyl (C=O) groups is 3. The molecule has 1 unspecified atom stereocenters. The van der Waals surface area contributed by atoms with Gasteiger partial charge in [0.25, 0.3) is 0 Å². The first-order valence-electron chi connectivity index (χ1n) is 1.95. The van der Waals surface area contributed by atoms with Gasteiger partial charge in [-0.2, -0.15) is 0 Å². The summed E-state index contributed by atoms with van der Waals surface area (Å²) in [6.07, 6.45) is -5.50. The topological polar surface area (TPSA) is 173 Å². The predicted molar refractivity (Wildman–Crippen MR) is 41.9 cm³/mol. The van der Waals surface area contributed by atoms with Crippen molar-refractivity contribution in [2.75, 3.05) is 0 Å². The first kappa shape index (κ1) is 22.5. The molecule has 0 aliphatic carbocycles. The minimum absolute atomic E-state index is 0. The quantitative estimate of drug-likeness (QED) is 0.314. The molecule has 0 fully saturated rings. The van der Waals surface area contributed by atoms with E-state index in [9.17, 15) is 0 Å². The summed E-state index contributed by atoms with van der Waals surface area (Å²) in [5.74, 6) is 0. The molecule has 0 aromatic heterocycles. The molecule has 0 radical (unpaired) electrons. The van der Waals surface area contributed by atoms with Crippen LogP contribution in [0.1, 0.15) is 0 Å². The van der Waals surface area contributed by atoms with Gasteiger partial charge in [0.15, 0.2) is 0 Å². The molecular weight excluding hydrogens is 255 g/mol. The second-order valence-corrected chi connectivity index (χ2v) is 0.848. The summed E-state index contributed by atoms with van der Waals surface area (Å²) in [4.78, 5) is 25.7. The molecule has 1 atom stereocenters. The van der Waals surface area contributed by atoms with Gasteiger partial charge in [0.05, 0.1) is 0 Å². The van der Waals surface area contributed by atoms with E-state index >= 15 is 0 Å². The molecule has 0 amide bonds. The van der Waals surface area contributed by atoms with Crippen molar-refractivity contribution in [3.05, 3.63) is 0 Å². The summed E-state index contributed by atoms with van der Waals surface area (Å²) >= 11 is 0. The van der Waals surface area contributed by atoms with Crippen LogP contribution < -0.4 is 0 Å². The Morgan fingerprint density at radius 3 is 0.538 bits per heavy atom. The normalized spacial score (nSPS) is 5.54. The minimum atomic E-state index is -1.83. The molecule has 0 aliphatic heterocycles. The average Bonchev–Trinajstić information content (AvgIpc) is 1.54. The van der Waals surface area contributed by atoms with Crippen LogP contribution in [0.3, 0.4) is 0 Å². The fraction of sp³-hybridized carbons (Fsp3) is 0. The van der Waals surface area contributed by atoms with Crippen LogP contribution in [0.4, 0.5) is 14.4 Å². The zero-order valence-corrected chi connectivity index (χ0v) is 9.08.